The van der Waals surface area contributed by atoms with Crippen molar-refractivity contribution in [1.82, 2.24) is 4.90 Å². The summed E-state index contributed by atoms with van der Waals surface area (Å²) in [4.78, 5) is 37.9. The van der Waals surface area contributed by atoms with E-state index in [1.54, 1.807) is 0 Å². The zero-order chi connectivity index (χ0) is 18.5. The molecule has 1 atom stereocenters. The van der Waals surface area contributed by atoms with Crippen LogP contribution >= 0.6 is 0 Å². The van der Waals surface area contributed by atoms with Crippen molar-refractivity contribution in [3.8, 4) is 0 Å². The molecule has 1 aromatic rings. The van der Waals surface area contributed by atoms with Gasteiger partial charge in [0.15, 0.2) is 0 Å². The highest BCUT2D eigenvalue weighted by Crippen LogP contribution is 2.36. The Morgan fingerprint density at radius 2 is 2.04 bits per heavy atom. The Bertz CT molecular complexity index is 785. The molecular formula is C15H16FN3O6. The van der Waals surface area contributed by atoms with Gasteiger partial charge in [-0.3, -0.25) is 14.7 Å². The molecule has 0 radical (unpaired) electrons. The van der Waals surface area contributed by atoms with Crippen LogP contribution in [-0.4, -0.2) is 54.7 Å². The van der Waals surface area contributed by atoms with Gasteiger partial charge in [-0.1, -0.05) is 0 Å². The molecule has 1 fully saturated rings. The third-order valence-electron chi connectivity index (χ3n) is 4.37. The second-order valence-electron chi connectivity index (χ2n) is 6.02. The maximum atomic E-state index is 14.5. The molecule has 0 spiro atoms. The summed E-state index contributed by atoms with van der Waals surface area (Å²) >= 11 is 0. The fourth-order valence-electron chi connectivity index (χ4n) is 2.82. The molecule has 25 heavy (non-hydrogen) atoms. The molecule has 134 valence electrons. The lowest BCUT2D eigenvalue weighted by atomic mass is 10.1. The Labute approximate surface area is 142 Å². The van der Waals surface area contributed by atoms with Crippen molar-refractivity contribution in [3.05, 3.63) is 23.5 Å². The van der Waals surface area contributed by atoms with Crippen LogP contribution in [0.25, 0.3) is 0 Å². The van der Waals surface area contributed by atoms with E-state index in [-0.39, 0.29) is 24.5 Å². The number of fused-ring (bicyclic) bond motifs is 1. The highest BCUT2D eigenvalue weighted by atomic mass is 19.1. The fraction of sp³-hybridized carbons (Fsp3) is 0.400. The molecule has 0 bridgehead atoms. The van der Waals surface area contributed by atoms with Gasteiger partial charge < -0.3 is 14.6 Å². The molecule has 0 saturated carbocycles. The molecule has 0 aromatic heterocycles. The predicted molar refractivity (Wildman–Crippen MR) is 83.0 cm³/mol. The van der Waals surface area contributed by atoms with E-state index in [0.29, 0.717) is 5.56 Å². The van der Waals surface area contributed by atoms with Gasteiger partial charge in [0.25, 0.3) is 0 Å². The first-order valence-electron chi connectivity index (χ1n) is 7.34. The van der Waals surface area contributed by atoms with Gasteiger partial charge in [-0.25, -0.2) is 18.8 Å². The van der Waals surface area contributed by atoms with Gasteiger partial charge in [-0.2, -0.15) is 0 Å². The zero-order valence-corrected chi connectivity index (χ0v) is 13.8. The summed E-state index contributed by atoms with van der Waals surface area (Å²) in [7, 11) is 2.66. The molecule has 2 aliphatic rings. The number of halogens is 1. The molecule has 2 heterocycles. The number of carboxylic acid groups (broad SMARTS) is 1. The van der Waals surface area contributed by atoms with E-state index in [1.807, 2.05) is 0 Å². The summed E-state index contributed by atoms with van der Waals surface area (Å²) in [5.41, 5.74) is -0.739. The largest absolute Gasteiger partial charge is 0.465 e. The molecule has 2 aliphatic heterocycles. The number of likely N-dealkylation sites (N-methyl/N-ethyl adjacent to an activating group) is 1. The molecule has 10 heteroatoms. The van der Waals surface area contributed by atoms with E-state index >= 15 is 0 Å². The highest BCUT2D eigenvalue weighted by Gasteiger charge is 2.47. The molecule has 1 N–H and O–H groups in total. The molecule has 0 aliphatic carbocycles. The van der Waals surface area contributed by atoms with Crippen molar-refractivity contribution in [2.45, 2.75) is 19.3 Å². The van der Waals surface area contributed by atoms with E-state index in [1.165, 1.54) is 27.1 Å². The van der Waals surface area contributed by atoms with Crippen molar-refractivity contribution < 1.29 is 33.4 Å². The zero-order valence-electron chi connectivity index (χ0n) is 13.8. The third-order valence-corrected chi connectivity index (χ3v) is 4.37. The number of rotatable bonds is 2. The Hall–Kier alpha value is -3.04. The predicted octanol–water partition coefficient (Wildman–Crippen LogP) is 2.19. The molecule has 9 nitrogen and oxygen atoms in total. The number of cyclic esters (lactones) is 2. The van der Waals surface area contributed by atoms with Crippen LogP contribution in [0.3, 0.4) is 0 Å². The standard InChI is InChI=1S/C15H16FN3O6/c1-15(18(3)12(20)21)7-19(14(23)25-15)9-4-8-6-24-13(22)17(2)11(8)10(16)5-9/h4-5H,6-7H2,1-3H3,(H,20,21). The topological polar surface area (TPSA) is 99.6 Å². The van der Waals surface area contributed by atoms with Crippen LogP contribution in [0.15, 0.2) is 12.1 Å². The Balaban J connectivity index is 1.96. The average molecular weight is 353 g/mol. The lowest BCUT2D eigenvalue weighted by molar-refractivity contribution is -0.0384. The number of ether oxygens (including phenoxy) is 2. The first-order valence-corrected chi connectivity index (χ1v) is 7.34. The molecule has 3 rings (SSSR count). The van der Waals surface area contributed by atoms with Crippen LogP contribution in [0.5, 0.6) is 0 Å². The number of benzene rings is 1. The molecular weight excluding hydrogens is 337 g/mol. The lowest BCUT2D eigenvalue weighted by Gasteiger charge is -2.30. The molecule has 3 amide bonds. The van der Waals surface area contributed by atoms with Gasteiger partial charge in [-0.15, -0.1) is 0 Å². The fourth-order valence-corrected chi connectivity index (χ4v) is 2.82. The second kappa shape index (κ2) is 5.50. The summed E-state index contributed by atoms with van der Waals surface area (Å²) in [6, 6.07) is 2.61. The maximum Gasteiger partial charge on any atom is 0.416 e. The summed E-state index contributed by atoms with van der Waals surface area (Å²) in [6.07, 6.45) is -2.73. The number of hydrogen-bond donors (Lipinski definition) is 1. The first kappa shape index (κ1) is 16.8. The number of amides is 3. The van der Waals surface area contributed by atoms with Crippen LogP contribution < -0.4 is 9.80 Å². The van der Waals surface area contributed by atoms with Crippen molar-refractivity contribution in [3.63, 3.8) is 0 Å². The summed E-state index contributed by atoms with van der Waals surface area (Å²) in [6.45, 7) is 1.21. The normalized spacial score (nSPS) is 22.4. The average Bonchev–Trinajstić information content (AvgIpc) is 2.85. The summed E-state index contributed by atoms with van der Waals surface area (Å²) in [5, 5.41) is 9.11. The Morgan fingerprint density at radius 1 is 1.36 bits per heavy atom. The monoisotopic (exact) mass is 353 g/mol. The maximum absolute atomic E-state index is 14.5. The van der Waals surface area contributed by atoms with Crippen molar-refractivity contribution >= 4 is 29.7 Å². The molecule has 1 saturated heterocycles. The minimum atomic E-state index is -1.40. The van der Waals surface area contributed by atoms with Gasteiger partial charge in [0, 0.05) is 19.7 Å². The van der Waals surface area contributed by atoms with Crippen molar-refractivity contribution in [2.75, 3.05) is 30.4 Å². The Morgan fingerprint density at radius 3 is 2.68 bits per heavy atom. The van der Waals surface area contributed by atoms with E-state index < -0.39 is 29.8 Å². The summed E-state index contributed by atoms with van der Waals surface area (Å²) in [5.74, 6) is -0.695. The van der Waals surface area contributed by atoms with E-state index in [0.717, 1.165) is 20.8 Å². The molecule has 1 unspecified atom stereocenters. The van der Waals surface area contributed by atoms with E-state index in [9.17, 15) is 18.8 Å². The van der Waals surface area contributed by atoms with Crippen molar-refractivity contribution in [2.24, 2.45) is 0 Å². The van der Waals surface area contributed by atoms with Gasteiger partial charge in [0.2, 0.25) is 5.72 Å². The van der Waals surface area contributed by atoms with Crippen LogP contribution in [-0.2, 0) is 16.1 Å². The SMILES string of the molecule is CN1C(=O)OCc2cc(N3CC(C)(N(C)C(=O)O)OC3=O)cc(F)c21. The van der Waals surface area contributed by atoms with Gasteiger partial charge in [0.1, 0.15) is 12.4 Å². The minimum Gasteiger partial charge on any atom is -0.465 e. The number of nitrogens with zero attached hydrogens (tertiary/aromatic N) is 3. The van der Waals surface area contributed by atoms with Crippen LogP contribution in [0.2, 0.25) is 0 Å². The van der Waals surface area contributed by atoms with Crippen LogP contribution in [0.4, 0.5) is 30.1 Å². The highest BCUT2D eigenvalue weighted by molar-refractivity contribution is 5.94. The number of carbonyl (C=O) groups excluding carboxylic acids is 2. The Kier molecular flexibility index (Phi) is 3.70. The summed E-state index contributed by atoms with van der Waals surface area (Å²) < 4.78 is 24.6. The smallest absolute Gasteiger partial charge is 0.416 e. The van der Waals surface area contributed by atoms with Crippen LogP contribution in [0.1, 0.15) is 12.5 Å². The number of hydrogen-bond acceptors (Lipinski definition) is 5. The van der Waals surface area contributed by atoms with E-state index in [4.69, 9.17) is 14.6 Å². The number of anilines is 2. The lowest BCUT2D eigenvalue weighted by Crippen LogP contribution is -2.49. The van der Waals surface area contributed by atoms with E-state index in [2.05, 4.69) is 0 Å². The minimum absolute atomic E-state index is 0.0815. The van der Waals surface area contributed by atoms with Gasteiger partial charge >= 0.3 is 18.3 Å². The van der Waals surface area contributed by atoms with Crippen LogP contribution in [0, 0.1) is 5.82 Å². The van der Waals surface area contributed by atoms with Gasteiger partial charge in [-0.05, 0) is 19.1 Å². The molecule has 1 aromatic carbocycles. The third kappa shape index (κ3) is 2.59. The number of carbonyl (C=O) groups is 3. The quantitative estimate of drug-likeness (QED) is 0.875. The van der Waals surface area contributed by atoms with Crippen molar-refractivity contribution in [1.29, 1.82) is 0 Å². The first-order chi connectivity index (χ1) is 11.6. The van der Waals surface area contributed by atoms with Gasteiger partial charge in [0.05, 0.1) is 17.9 Å². The second-order valence-corrected chi connectivity index (χ2v) is 6.02.